The first kappa shape index (κ1) is 17.3. The topological polar surface area (TPSA) is 52.6 Å². The standard InChI is InChI=1S/C15H19Cl2FN2O2/c1-8(11-5-14(18)13(17)6-12(11)16)19-15(22)20-4-3-10(7-20)9(2)21/h5-6,8-10,21H,3-4,7H2,1-2H3,(H,19,22)/t8-,9+,10+/m0/s1. The summed E-state index contributed by atoms with van der Waals surface area (Å²) in [5, 5.41) is 12.6. The molecule has 0 aliphatic carbocycles. The van der Waals surface area contributed by atoms with Gasteiger partial charge in [0.25, 0.3) is 0 Å². The first-order chi connectivity index (χ1) is 10.3. The van der Waals surface area contributed by atoms with Gasteiger partial charge in [-0.3, -0.25) is 0 Å². The monoisotopic (exact) mass is 348 g/mol. The summed E-state index contributed by atoms with van der Waals surface area (Å²) in [6, 6.07) is 1.87. The molecule has 1 aliphatic heterocycles. The van der Waals surface area contributed by atoms with Gasteiger partial charge in [-0.15, -0.1) is 0 Å². The summed E-state index contributed by atoms with van der Waals surface area (Å²) < 4.78 is 13.6. The van der Waals surface area contributed by atoms with E-state index in [2.05, 4.69) is 5.32 Å². The van der Waals surface area contributed by atoms with Crippen LogP contribution in [0.1, 0.15) is 31.9 Å². The van der Waals surface area contributed by atoms with Gasteiger partial charge in [0.05, 0.1) is 17.2 Å². The van der Waals surface area contributed by atoms with Gasteiger partial charge in [-0.2, -0.15) is 0 Å². The smallest absolute Gasteiger partial charge is 0.317 e. The maximum atomic E-state index is 13.6. The fourth-order valence-electron chi connectivity index (χ4n) is 2.59. The number of aliphatic hydroxyl groups excluding tert-OH is 1. The number of hydrogen-bond donors (Lipinski definition) is 2. The zero-order chi connectivity index (χ0) is 16.4. The van der Waals surface area contributed by atoms with E-state index in [1.54, 1.807) is 18.7 Å². The Hall–Kier alpha value is -1.04. The Morgan fingerprint density at radius 3 is 2.68 bits per heavy atom. The van der Waals surface area contributed by atoms with E-state index in [4.69, 9.17) is 23.2 Å². The fourth-order valence-corrected chi connectivity index (χ4v) is 3.14. The fraction of sp³-hybridized carbons (Fsp3) is 0.533. The van der Waals surface area contributed by atoms with Crippen molar-refractivity contribution in [1.29, 1.82) is 0 Å². The summed E-state index contributed by atoms with van der Waals surface area (Å²) in [7, 11) is 0. The molecular formula is C15H19Cl2FN2O2. The Morgan fingerprint density at radius 1 is 1.41 bits per heavy atom. The number of nitrogens with one attached hydrogen (secondary N) is 1. The Kier molecular flexibility index (Phi) is 5.53. The first-order valence-electron chi connectivity index (χ1n) is 7.17. The number of carbonyl (C=O) groups is 1. The quantitative estimate of drug-likeness (QED) is 0.820. The maximum absolute atomic E-state index is 13.6. The van der Waals surface area contributed by atoms with E-state index in [0.717, 1.165) is 6.42 Å². The van der Waals surface area contributed by atoms with Gasteiger partial charge in [0.1, 0.15) is 5.82 Å². The van der Waals surface area contributed by atoms with Crippen LogP contribution in [0.3, 0.4) is 0 Å². The molecule has 1 aromatic rings. The second-order valence-corrected chi connectivity index (χ2v) is 6.51. The van der Waals surface area contributed by atoms with E-state index in [-0.39, 0.29) is 17.0 Å². The molecule has 2 amide bonds. The number of urea groups is 1. The van der Waals surface area contributed by atoms with Gasteiger partial charge in [0.2, 0.25) is 0 Å². The summed E-state index contributed by atoms with van der Waals surface area (Å²) in [5.74, 6) is -0.477. The van der Waals surface area contributed by atoms with Crippen LogP contribution in [-0.2, 0) is 0 Å². The van der Waals surface area contributed by atoms with Crippen LogP contribution in [0.2, 0.25) is 10.0 Å². The molecule has 0 bridgehead atoms. The highest BCUT2D eigenvalue weighted by atomic mass is 35.5. The normalized spacial score (nSPS) is 20.8. The number of hydrogen-bond acceptors (Lipinski definition) is 2. The zero-order valence-electron chi connectivity index (χ0n) is 12.4. The van der Waals surface area contributed by atoms with Crippen molar-refractivity contribution in [1.82, 2.24) is 10.2 Å². The molecule has 1 aliphatic rings. The molecule has 1 heterocycles. The number of nitrogens with zero attached hydrogens (tertiary/aromatic N) is 1. The van der Waals surface area contributed by atoms with Crippen molar-refractivity contribution >= 4 is 29.2 Å². The van der Waals surface area contributed by atoms with Gasteiger partial charge in [-0.1, -0.05) is 23.2 Å². The predicted octanol–water partition coefficient (Wildman–Crippen LogP) is 3.61. The van der Waals surface area contributed by atoms with Crippen molar-refractivity contribution in [3.63, 3.8) is 0 Å². The summed E-state index contributed by atoms with van der Waals surface area (Å²) >= 11 is 11.7. The largest absolute Gasteiger partial charge is 0.393 e. The van der Waals surface area contributed by atoms with Crippen LogP contribution in [-0.4, -0.2) is 35.2 Å². The highest BCUT2D eigenvalue weighted by Crippen LogP contribution is 2.29. The van der Waals surface area contributed by atoms with Crippen LogP contribution >= 0.6 is 23.2 Å². The average molecular weight is 349 g/mol. The zero-order valence-corrected chi connectivity index (χ0v) is 14.0. The minimum absolute atomic E-state index is 0.0494. The van der Waals surface area contributed by atoms with Crippen molar-refractivity contribution < 1.29 is 14.3 Å². The summed E-state index contributed by atoms with van der Waals surface area (Å²) in [6.07, 6.45) is 0.338. The summed E-state index contributed by atoms with van der Waals surface area (Å²) in [5.41, 5.74) is 0.475. The van der Waals surface area contributed by atoms with Crippen LogP contribution in [0, 0.1) is 11.7 Å². The molecule has 4 nitrogen and oxygen atoms in total. The molecule has 0 saturated carbocycles. The number of aliphatic hydroxyl groups is 1. The molecule has 1 aromatic carbocycles. The molecule has 3 atom stereocenters. The van der Waals surface area contributed by atoms with E-state index in [0.29, 0.717) is 23.7 Å². The molecular weight excluding hydrogens is 330 g/mol. The van der Waals surface area contributed by atoms with Gasteiger partial charge in [0.15, 0.2) is 0 Å². The molecule has 7 heteroatoms. The number of halogens is 3. The molecule has 2 rings (SSSR count). The third-order valence-electron chi connectivity index (χ3n) is 4.04. The Labute approximate surface area is 139 Å². The lowest BCUT2D eigenvalue weighted by atomic mass is 10.0. The van der Waals surface area contributed by atoms with Crippen molar-refractivity contribution in [3.8, 4) is 0 Å². The number of carbonyl (C=O) groups excluding carboxylic acids is 1. The van der Waals surface area contributed by atoms with Crippen LogP contribution in [0.25, 0.3) is 0 Å². The number of rotatable bonds is 3. The lowest BCUT2D eigenvalue weighted by Gasteiger charge is -2.22. The lowest BCUT2D eigenvalue weighted by molar-refractivity contribution is 0.129. The molecule has 122 valence electrons. The Morgan fingerprint density at radius 2 is 2.09 bits per heavy atom. The van der Waals surface area contributed by atoms with E-state index >= 15 is 0 Å². The molecule has 22 heavy (non-hydrogen) atoms. The van der Waals surface area contributed by atoms with Crippen molar-refractivity contribution in [2.45, 2.75) is 32.4 Å². The third-order valence-corrected chi connectivity index (χ3v) is 4.66. The number of amides is 2. The molecule has 0 unspecified atom stereocenters. The molecule has 1 fully saturated rings. The van der Waals surface area contributed by atoms with Gasteiger partial charge >= 0.3 is 6.03 Å². The van der Waals surface area contributed by atoms with Crippen molar-refractivity contribution in [2.24, 2.45) is 5.92 Å². The van der Waals surface area contributed by atoms with E-state index in [1.807, 2.05) is 0 Å². The predicted molar refractivity (Wildman–Crippen MR) is 84.7 cm³/mol. The maximum Gasteiger partial charge on any atom is 0.317 e. The van der Waals surface area contributed by atoms with Gasteiger partial charge in [-0.25, -0.2) is 9.18 Å². The minimum Gasteiger partial charge on any atom is -0.393 e. The molecule has 2 N–H and O–H groups in total. The molecule has 0 radical (unpaired) electrons. The first-order valence-corrected chi connectivity index (χ1v) is 7.93. The van der Waals surface area contributed by atoms with Crippen LogP contribution in [0.4, 0.5) is 9.18 Å². The highest BCUT2D eigenvalue weighted by molar-refractivity contribution is 6.35. The highest BCUT2D eigenvalue weighted by Gasteiger charge is 2.29. The molecule has 1 saturated heterocycles. The van der Waals surface area contributed by atoms with E-state index in [9.17, 15) is 14.3 Å². The molecule has 0 aromatic heterocycles. The lowest BCUT2D eigenvalue weighted by Crippen LogP contribution is -2.40. The van der Waals surface area contributed by atoms with E-state index < -0.39 is 18.0 Å². The SMILES string of the molecule is C[C@H](NC(=O)N1CC[C@@H]([C@@H](C)O)C1)c1cc(F)c(Cl)cc1Cl. The van der Waals surface area contributed by atoms with Crippen LogP contribution < -0.4 is 5.32 Å². The third kappa shape index (κ3) is 3.83. The van der Waals surface area contributed by atoms with Crippen molar-refractivity contribution in [3.05, 3.63) is 33.6 Å². The Balaban J connectivity index is 2.02. The second-order valence-electron chi connectivity index (χ2n) is 5.69. The minimum atomic E-state index is -0.572. The molecule has 0 spiro atoms. The summed E-state index contributed by atoms with van der Waals surface area (Å²) in [6.45, 7) is 4.56. The van der Waals surface area contributed by atoms with Crippen molar-refractivity contribution in [2.75, 3.05) is 13.1 Å². The Bertz CT molecular complexity index is 569. The number of likely N-dealkylation sites (tertiary alicyclic amines) is 1. The number of benzene rings is 1. The average Bonchev–Trinajstić information content (AvgIpc) is 2.92. The van der Waals surface area contributed by atoms with Gasteiger partial charge < -0.3 is 15.3 Å². The second kappa shape index (κ2) is 7.02. The van der Waals surface area contributed by atoms with Crippen LogP contribution in [0.5, 0.6) is 0 Å². The summed E-state index contributed by atoms with van der Waals surface area (Å²) in [4.78, 5) is 13.9. The van der Waals surface area contributed by atoms with Gasteiger partial charge in [0, 0.05) is 24.0 Å². The van der Waals surface area contributed by atoms with E-state index in [1.165, 1.54) is 12.1 Å². The van der Waals surface area contributed by atoms with Gasteiger partial charge in [-0.05, 0) is 38.0 Å². The van der Waals surface area contributed by atoms with Crippen LogP contribution in [0.15, 0.2) is 12.1 Å².